The van der Waals surface area contributed by atoms with E-state index in [-0.39, 0.29) is 34.4 Å². The maximum absolute atomic E-state index is 14.1. The Balaban J connectivity index is 2.00. The third-order valence-corrected chi connectivity index (χ3v) is 5.57. The Morgan fingerprint density at radius 1 is 1.20 bits per heavy atom. The van der Waals surface area contributed by atoms with Crippen LogP contribution in [-0.2, 0) is 0 Å². The molecular weight excluding hydrogens is 451 g/mol. The van der Waals surface area contributed by atoms with E-state index in [1.165, 1.54) is 24.3 Å². The highest BCUT2D eigenvalue weighted by atomic mass is 19.1. The van der Waals surface area contributed by atoms with E-state index in [0.29, 0.717) is 25.3 Å². The molecule has 0 bridgehead atoms. The first-order chi connectivity index (χ1) is 16.6. The zero-order valence-electron chi connectivity index (χ0n) is 20.4. The minimum Gasteiger partial charge on any atom is -0.488 e. The summed E-state index contributed by atoms with van der Waals surface area (Å²) in [5.74, 6) is -0.777. The summed E-state index contributed by atoms with van der Waals surface area (Å²) in [7, 11) is 1.69. The lowest BCUT2D eigenvalue weighted by molar-refractivity contribution is 0.0649. The topological polar surface area (TPSA) is 106 Å². The molecule has 2 aromatic rings. The summed E-state index contributed by atoms with van der Waals surface area (Å²) >= 11 is 0. The number of hydrogen-bond donors (Lipinski definition) is 2. The van der Waals surface area contributed by atoms with Crippen LogP contribution in [0.25, 0.3) is 0 Å². The normalized spacial score (nSPS) is 14.0. The molecule has 35 heavy (non-hydrogen) atoms. The molecule has 0 atom stereocenters. The van der Waals surface area contributed by atoms with Crippen molar-refractivity contribution in [2.75, 3.05) is 20.1 Å². The second-order valence-corrected chi connectivity index (χ2v) is 8.76. The smallest absolute Gasteiger partial charge is 0.279 e. The molecule has 1 fully saturated rings. The Hall–Kier alpha value is -3.88. The number of carbonyl (C=O) groups excluding carboxylic acids is 2. The first kappa shape index (κ1) is 25.7. The van der Waals surface area contributed by atoms with Crippen molar-refractivity contribution in [3.8, 4) is 17.2 Å². The van der Waals surface area contributed by atoms with E-state index in [1.807, 2.05) is 20.8 Å². The molecule has 2 amide bonds. The predicted octanol–water partition coefficient (Wildman–Crippen LogP) is 4.26. The van der Waals surface area contributed by atoms with Crippen LogP contribution in [0.15, 0.2) is 53.7 Å². The number of amidine groups is 1. The third kappa shape index (κ3) is 6.81. The molecule has 0 radical (unpaired) electrons. The van der Waals surface area contributed by atoms with Gasteiger partial charge in [0, 0.05) is 37.8 Å². The van der Waals surface area contributed by atoms with Gasteiger partial charge in [-0.2, -0.15) is 4.99 Å². The van der Waals surface area contributed by atoms with Crippen LogP contribution in [0.1, 0.15) is 54.3 Å². The number of nitrogens with one attached hydrogen (secondary N) is 1. The predicted molar refractivity (Wildman–Crippen MR) is 133 cm³/mol. The van der Waals surface area contributed by atoms with Gasteiger partial charge in [-0.1, -0.05) is 6.92 Å². The summed E-state index contributed by atoms with van der Waals surface area (Å²) in [5, 5.41) is 2.77. The molecule has 0 aromatic heterocycles. The Morgan fingerprint density at radius 3 is 2.54 bits per heavy atom. The summed E-state index contributed by atoms with van der Waals surface area (Å²) in [4.78, 5) is 31.2. The van der Waals surface area contributed by atoms with Gasteiger partial charge < -0.3 is 25.4 Å². The number of halogens is 1. The zero-order valence-corrected chi connectivity index (χ0v) is 20.4. The van der Waals surface area contributed by atoms with Crippen molar-refractivity contribution in [2.24, 2.45) is 10.7 Å². The summed E-state index contributed by atoms with van der Waals surface area (Å²) in [6.45, 7) is 7.09. The van der Waals surface area contributed by atoms with Crippen LogP contribution >= 0.6 is 0 Å². The Bertz CT molecular complexity index is 1160. The van der Waals surface area contributed by atoms with Gasteiger partial charge in [0.25, 0.3) is 11.8 Å². The Labute approximate surface area is 204 Å². The van der Waals surface area contributed by atoms with Crippen molar-refractivity contribution in [2.45, 2.75) is 39.2 Å². The van der Waals surface area contributed by atoms with E-state index in [2.05, 4.69) is 10.3 Å². The van der Waals surface area contributed by atoms with Crippen molar-refractivity contribution < 1.29 is 23.5 Å². The largest absolute Gasteiger partial charge is 0.488 e. The van der Waals surface area contributed by atoms with Crippen LogP contribution in [0.5, 0.6) is 17.2 Å². The van der Waals surface area contributed by atoms with Crippen LogP contribution < -0.4 is 20.5 Å². The van der Waals surface area contributed by atoms with Crippen LogP contribution in [-0.4, -0.2) is 48.3 Å². The summed E-state index contributed by atoms with van der Waals surface area (Å²) in [6, 6.07) is 8.35. The number of benzene rings is 2. The van der Waals surface area contributed by atoms with Gasteiger partial charge in [0.1, 0.15) is 34.5 Å². The molecule has 1 saturated heterocycles. The van der Waals surface area contributed by atoms with Crippen molar-refractivity contribution in [3.05, 3.63) is 65.6 Å². The van der Waals surface area contributed by atoms with Gasteiger partial charge in [-0.05, 0) is 63.2 Å². The highest BCUT2D eigenvalue weighted by molar-refractivity contribution is 6.06. The number of nitrogens with two attached hydrogens (primary N) is 1. The lowest BCUT2D eigenvalue weighted by Crippen LogP contribution is -2.42. The Kier molecular flexibility index (Phi) is 8.11. The molecule has 0 spiro atoms. The SMILES string of the molecule is CCC(C)(C)Oc1cc(Oc2cc(F)ccc2C(=O)N2CCC2)cc(C(=O)N=C(N)/C=C\NC)c1. The van der Waals surface area contributed by atoms with Gasteiger partial charge in [0.15, 0.2) is 0 Å². The summed E-state index contributed by atoms with van der Waals surface area (Å²) in [5.41, 5.74) is 5.67. The highest BCUT2D eigenvalue weighted by Gasteiger charge is 2.25. The van der Waals surface area contributed by atoms with Crippen molar-refractivity contribution in [3.63, 3.8) is 0 Å². The molecule has 1 heterocycles. The fourth-order valence-corrected chi connectivity index (χ4v) is 3.17. The lowest BCUT2D eigenvalue weighted by Gasteiger charge is -2.31. The lowest BCUT2D eigenvalue weighted by atomic mass is 10.1. The highest BCUT2D eigenvalue weighted by Crippen LogP contribution is 2.33. The van der Waals surface area contributed by atoms with Gasteiger partial charge >= 0.3 is 0 Å². The van der Waals surface area contributed by atoms with Crippen LogP contribution in [0.3, 0.4) is 0 Å². The van der Waals surface area contributed by atoms with Crippen molar-refractivity contribution in [1.29, 1.82) is 0 Å². The number of rotatable bonds is 9. The molecule has 0 unspecified atom stereocenters. The van der Waals surface area contributed by atoms with Gasteiger partial charge in [-0.25, -0.2) is 4.39 Å². The van der Waals surface area contributed by atoms with Crippen LogP contribution in [0.2, 0.25) is 0 Å². The number of ether oxygens (including phenoxy) is 2. The Morgan fingerprint density at radius 2 is 1.91 bits per heavy atom. The standard InChI is InChI=1S/C26H31FN4O4/c1-5-26(2,3)35-20-14-17(24(32)30-23(28)9-10-29-4)13-19(16-20)34-22-15-18(27)7-8-21(22)25(33)31-11-6-12-31/h7-10,13-16,29H,5-6,11-12H2,1-4H3,(H2,28,30,32)/b10-9-. The molecule has 1 aliphatic rings. The molecule has 0 aliphatic carbocycles. The van der Waals surface area contributed by atoms with E-state index in [1.54, 1.807) is 30.3 Å². The first-order valence-corrected chi connectivity index (χ1v) is 11.4. The maximum atomic E-state index is 14.1. The van der Waals surface area contributed by atoms with Crippen LogP contribution in [0, 0.1) is 5.82 Å². The van der Waals surface area contributed by atoms with E-state index >= 15 is 0 Å². The average Bonchev–Trinajstić information content (AvgIpc) is 2.76. The fourth-order valence-electron chi connectivity index (χ4n) is 3.17. The molecule has 9 heteroatoms. The second-order valence-electron chi connectivity index (χ2n) is 8.76. The number of amides is 2. The fraction of sp³-hybridized carbons (Fsp3) is 0.346. The van der Waals surface area contributed by atoms with Crippen molar-refractivity contribution in [1.82, 2.24) is 10.2 Å². The molecule has 8 nitrogen and oxygen atoms in total. The molecule has 3 N–H and O–H groups in total. The second kappa shape index (κ2) is 11.0. The molecule has 3 rings (SSSR count). The van der Waals surface area contributed by atoms with E-state index in [4.69, 9.17) is 15.2 Å². The quantitative estimate of drug-likeness (QED) is 0.409. The maximum Gasteiger partial charge on any atom is 0.279 e. The molecule has 186 valence electrons. The molecule has 1 aliphatic heterocycles. The number of nitrogens with zero attached hydrogens (tertiary/aromatic N) is 2. The summed E-state index contributed by atoms with van der Waals surface area (Å²) < 4.78 is 26.1. The van der Waals surface area contributed by atoms with Crippen LogP contribution in [0.4, 0.5) is 4.39 Å². The third-order valence-electron chi connectivity index (χ3n) is 5.57. The van der Waals surface area contributed by atoms with Gasteiger partial charge in [-0.15, -0.1) is 0 Å². The van der Waals surface area contributed by atoms with Gasteiger partial charge in [0.2, 0.25) is 0 Å². The van der Waals surface area contributed by atoms with E-state index in [0.717, 1.165) is 12.5 Å². The number of hydrogen-bond acceptors (Lipinski definition) is 5. The number of carbonyl (C=O) groups is 2. The van der Waals surface area contributed by atoms with Crippen molar-refractivity contribution >= 4 is 17.6 Å². The average molecular weight is 483 g/mol. The minimum atomic E-state index is -0.607. The number of likely N-dealkylation sites (tertiary alicyclic amines) is 1. The number of aliphatic imine (C=N–C) groups is 1. The first-order valence-electron chi connectivity index (χ1n) is 11.4. The zero-order chi connectivity index (χ0) is 25.6. The van der Waals surface area contributed by atoms with E-state index in [9.17, 15) is 14.0 Å². The molecule has 0 saturated carbocycles. The van der Waals surface area contributed by atoms with Gasteiger partial charge in [0.05, 0.1) is 5.56 Å². The molecule has 2 aromatic carbocycles. The molecular formula is C26H31FN4O4. The van der Waals surface area contributed by atoms with Gasteiger partial charge in [-0.3, -0.25) is 9.59 Å². The summed E-state index contributed by atoms with van der Waals surface area (Å²) in [6.07, 6.45) is 4.63. The van der Waals surface area contributed by atoms with E-state index < -0.39 is 17.3 Å². The minimum absolute atomic E-state index is 0.0135. The monoisotopic (exact) mass is 482 g/mol.